The summed E-state index contributed by atoms with van der Waals surface area (Å²) in [6, 6.07) is 29.9. The quantitative estimate of drug-likeness (QED) is 0.422. The van der Waals surface area contributed by atoms with Crippen LogP contribution in [0.25, 0.3) is 32.0 Å². The van der Waals surface area contributed by atoms with Gasteiger partial charge in [-0.3, -0.25) is 0 Å². The largest absolute Gasteiger partial charge is 0.363 e. The Morgan fingerprint density at radius 1 is 0.656 bits per heavy atom. The molecular formula is C24H21ClN2O4S. The smallest absolute Gasteiger partial charge is 0.239 e. The van der Waals surface area contributed by atoms with Gasteiger partial charge in [-0.15, -0.1) is 10.2 Å². The van der Waals surface area contributed by atoms with Crippen LogP contribution in [0.2, 0.25) is 0 Å². The Morgan fingerprint density at radius 3 is 1.50 bits per heavy atom. The molecule has 164 valence electrons. The first-order valence-electron chi connectivity index (χ1n) is 9.55. The number of hydrogen-bond acceptors (Lipinski definition) is 6. The number of pyridine rings is 1. The fraction of sp³-hybridized carbons (Fsp3) is 0.0833. The Labute approximate surface area is 193 Å². The van der Waals surface area contributed by atoms with Gasteiger partial charge in [0.1, 0.15) is 5.82 Å². The van der Waals surface area contributed by atoms with Gasteiger partial charge in [0.25, 0.3) is 0 Å². The number of anilines is 1. The van der Waals surface area contributed by atoms with Gasteiger partial charge in [-0.05, 0) is 42.0 Å². The molecule has 0 aliphatic rings. The van der Waals surface area contributed by atoms with Gasteiger partial charge in [0, 0.05) is 49.1 Å². The molecule has 0 saturated carbocycles. The number of aromatic nitrogens is 1. The zero-order valence-corrected chi connectivity index (χ0v) is 19.0. The molecule has 0 atom stereocenters. The lowest BCUT2D eigenvalue weighted by Gasteiger charge is -2.17. The first kappa shape index (κ1) is 23.7. The molecule has 32 heavy (non-hydrogen) atoms. The predicted octanol–water partition coefficient (Wildman–Crippen LogP) is 1.74. The van der Waals surface area contributed by atoms with Gasteiger partial charge in [0.15, 0.2) is 0 Å². The van der Waals surface area contributed by atoms with E-state index in [2.05, 4.69) is 89.9 Å². The van der Waals surface area contributed by atoms with Crippen LogP contribution in [0.5, 0.6) is 0 Å². The van der Waals surface area contributed by atoms with E-state index >= 15 is 0 Å². The maximum atomic E-state index is 8.49. The Hall–Kier alpha value is -2.91. The maximum absolute atomic E-state index is 8.49. The van der Waals surface area contributed by atoms with Gasteiger partial charge >= 0.3 is 0 Å². The summed E-state index contributed by atoms with van der Waals surface area (Å²) in [5.74, 6) is 0.962. The van der Waals surface area contributed by atoms with Crippen LogP contribution >= 0.6 is 11.3 Å². The monoisotopic (exact) mass is 468 g/mol. The van der Waals surface area contributed by atoms with Crippen molar-refractivity contribution in [3.8, 4) is 32.0 Å². The fourth-order valence-corrected chi connectivity index (χ4v) is 4.10. The number of hydrogen-bond donors (Lipinski definition) is 0. The van der Waals surface area contributed by atoms with Gasteiger partial charge in [0.2, 0.25) is 21.1 Å². The van der Waals surface area contributed by atoms with Crippen molar-refractivity contribution in [1.82, 2.24) is 4.98 Å². The average molecular weight is 469 g/mol. The van der Waals surface area contributed by atoms with E-state index in [9.17, 15) is 0 Å². The third-order valence-corrected chi connectivity index (χ3v) is 5.60. The van der Waals surface area contributed by atoms with Crippen molar-refractivity contribution in [2.24, 2.45) is 0 Å². The molecule has 0 radical (unpaired) electrons. The number of nitrogens with zero attached hydrogens (tertiary/aromatic N) is 2. The first-order chi connectivity index (χ1) is 15.2. The van der Waals surface area contributed by atoms with E-state index in [-0.39, 0.29) is 0 Å². The Morgan fingerprint density at radius 2 is 1.12 bits per heavy atom. The Kier molecular flexibility index (Phi) is 7.87. The zero-order valence-electron chi connectivity index (χ0n) is 17.5. The molecule has 0 unspecified atom stereocenters. The third kappa shape index (κ3) is 7.06. The van der Waals surface area contributed by atoms with Crippen LogP contribution in [-0.4, -0.2) is 19.1 Å². The summed E-state index contributed by atoms with van der Waals surface area (Å²) in [6.45, 7) is 0. The third-order valence-electron chi connectivity index (χ3n) is 4.45. The highest BCUT2D eigenvalue weighted by Gasteiger charge is 2.19. The maximum Gasteiger partial charge on any atom is 0.239 e. The van der Waals surface area contributed by atoms with Gasteiger partial charge in [0.05, 0.1) is 0 Å². The van der Waals surface area contributed by atoms with Crippen LogP contribution in [-0.2, 0) is 0 Å². The lowest BCUT2D eigenvalue weighted by atomic mass is 10.1. The van der Waals surface area contributed by atoms with Gasteiger partial charge in [-0.2, -0.15) is 0 Å². The van der Waals surface area contributed by atoms with Crippen LogP contribution < -0.4 is 23.5 Å². The van der Waals surface area contributed by atoms with Crippen molar-refractivity contribution in [2.75, 3.05) is 19.0 Å². The normalized spacial score (nSPS) is 10.8. The molecule has 2 heterocycles. The highest BCUT2D eigenvalue weighted by Crippen LogP contribution is 2.37. The average Bonchev–Trinajstić information content (AvgIpc) is 2.79. The number of halogens is 1. The van der Waals surface area contributed by atoms with E-state index in [1.54, 1.807) is 0 Å². The van der Waals surface area contributed by atoms with Crippen molar-refractivity contribution in [2.45, 2.75) is 0 Å². The van der Waals surface area contributed by atoms with E-state index < -0.39 is 10.2 Å². The molecular weight excluding hydrogens is 448 g/mol. The molecule has 0 aliphatic carbocycles. The second-order valence-electron chi connectivity index (χ2n) is 6.98. The standard InChI is InChI=1S/C24H21N2S.ClHO4/c1-26(2)24-14-13-20(17-25-24)21-15-22(18-9-5-3-6-10-18)27-23(16-21)19-11-7-4-8-12-19;2-1(3,4)5/h3-17H,1-2H3;(H,2,3,4,5)/q+1;/p-1. The van der Waals surface area contributed by atoms with Crippen LogP contribution in [0, 0.1) is 10.2 Å². The molecule has 8 heteroatoms. The van der Waals surface area contributed by atoms with Crippen LogP contribution in [0.4, 0.5) is 5.82 Å². The van der Waals surface area contributed by atoms with E-state index in [1.807, 2.05) is 36.5 Å². The lowest BCUT2D eigenvalue weighted by Crippen LogP contribution is -2.68. The first-order valence-corrected chi connectivity index (χ1v) is 11.6. The van der Waals surface area contributed by atoms with E-state index in [0.29, 0.717) is 0 Å². The second kappa shape index (κ2) is 10.6. The molecule has 0 aliphatic heterocycles. The summed E-state index contributed by atoms with van der Waals surface area (Å²) in [5, 5.41) is 0. The molecule has 2 aromatic heterocycles. The molecule has 0 saturated heterocycles. The molecule has 0 spiro atoms. The minimum absolute atomic E-state index is 0.962. The Bertz CT molecular complexity index is 1070. The summed E-state index contributed by atoms with van der Waals surface area (Å²) in [6.07, 6.45) is 1.96. The molecule has 0 bridgehead atoms. The van der Waals surface area contributed by atoms with Crippen molar-refractivity contribution in [3.05, 3.63) is 91.1 Å². The van der Waals surface area contributed by atoms with Crippen LogP contribution in [0.1, 0.15) is 0 Å². The molecule has 0 amide bonds. The number of rotatable bonds is 4. The Balaban J connectivity index is 0.000000523. The molecule has 0 fully saturated rings. The molecule has 6 nitrogen and oxygen atoms in total. The summed E-state index contributed by atoms with van der Waals surface area (Å²) in [4.78, 5) is 9.11. The molecule has 0 N–H and O–H groups in total. The van der Waals surface area contributed by atoms with Crippen LogP contribution in [0.3, 0.4) is 0 Å². The summed E-state index contributed by atoms with van der Waals surface area (Å²) >= 11 is 1.82. The van der Waals surface area contributed by atoms with E-state index in [1.165, 1.54) is 26.4 Å². The van der Waals surface area contributed by atoms with Crippen molar-refractivity contribution in [1.29, 1.82) is 0 Å². The van der Waals surface area contributed by atoms with Crippen LogP contribution in [0.15, 0.2) is 91.1 Å². The highest BCUT2D eigenvalue weighted by molar-refractivity contribution is 7.18. The summed E-state index contributed by atoms with van der Waals surface area (Å²) in [5.41, 5.74) is 4.78. The zero-order chi connectivity index (χ0) is 23.1. The van der Waals surface area contributed by atoms with Gasteiger partial charge in [-0.25, -0.2) is 23.6 Å². The SMILES string of the molecule is CN(C)c1ccc(-c2cc(-c3ccccc3)[s+]c(-c3ccccc3)c2)cn1.[O-][Cl+3]([O-])([O-])[O-]. The topological polar surface area (TPSA) is 108 Å². The lowest BCUT2D eigenvalue weighted by molar-refractivity contribution is -2.00. The minimum atomic E-state index is -4.94. The minimum Gasteiger partial charge on any atom is -0.363 e. The molecule has 2 aromatic carbocycles. The van der Waals surface area contributed by atoms with Gasteiger partial charge < -0.3 is 4.90 Å². The van der Waals surface area contributed by atoms with E-state index in [0.717, 1.165) is 11.4 Å². The molecule has 4 aromatic rings. The fourth-order valence-electron chi connectivity index (χ4n) is 2.98. The highest BCUT2D eigenvalue weighted by atomic mass is 35.7. The number of benzene rings is 2. The summed E-state index contributed by atoms with van der Waals surface area (Å²) in [7, 11) is -0.930. The van der Waals surface area contributed by atoms with Crippen molar-refractivity contribution in [3.63, 3.8) is 0 Å². The van der Waals surface area contributed by atoms with Crippen molar-refractivity contribution < 1.29 is 28.9 Å². The van der Waals surface area contributed by atoms with Gasteiger partial charge in [-0.1, -0.05) is 36.4 Å². The van der Waals surface area contributed by atoms with E-state index in [4.69, 9.17) is 18.6 Å². The second-order valence-corrected chi connectivity index (χ2v) is 8.82. The summed E-state index contributed by atoms with van der Waals surface area (Å²) < 4.78 is 34.0. The van der Waals surface area contributed by atoms with Crippen molar-refractivity contribution >= 4 is 17.2 Å². The predicted molar refractivity (Wildman–Crippen MR) is 117 cm³/mol. The molecule has 4 rings (SSSR count).